The summed E-state index contributed by atoms with van der Waals surface area (Å²) < 4.78 is 1.74. The monoisotopic (exact) mass is 223 g/mol. The summed E-state index contributed by atoms with van der Waals surface area (Å²) in [6.07, 6.45) is 1.90. The fourth-order valence-corrected chi connectivity index (χ4v) is 1.82. The molecule has 0 radical (unpaired) electrons. The molecule has 0 unspecified atom stereocenters. The molecule has 0 aliphatic carbocycles. The Morgan fingerprint density at radius 3 is 2.80 bits per heavy atom. The zero-order valence-corrected chi connectivity index (χ0v) is 9.53. The Morgan fingerprint density at radius 2 is 2.27 bits per heavy atom. The molecule has 2 aromatic rings. The van der Waals surface area contributed by atoms with Crippen LogP contribution in [0.5, 0.6) is 0 Å². The van der Waals surface area contributed by atoms with Crippen molar-refractivity contribution in [2.45, 2.75) is 26.3 Å². The van der Waals surface area contributed by atoms with Crippen LogP contribution in [0, 0.1) is 0 Å². The lowest BCUT2D eigenvalue weighted by molar-refractivity contribution is 0.758. The normalized spacial score (nSPS) is 11.2. The van der Waals surface area contributed by atoms with Crippen molar-refractivity contribution in [3.8, 4) is 5.13 Å². The minimum Gasteiger partial charge on any atom is -0.324 e. The smallest absolute Gasteiger partial charge is 0.232 e. The van der Waals surface area contributed by atoms with E-state index in [2.05, 4.69) is 29.1 Å². The maximum atomic E-state index is 5.47. The first-order valence-electron chi connectivity index (χ1n) is 4.79. The zero-order chi connectivity index (χ0) is 10.8. The fraction of sp³-hybridized carbons (Fsp3) is 0.444. The molecule has 0 aliphatic rings. The van der Waals surface area contributed by atoms with Crippen LogP contribution in [0.3, 0.4) is 0 Å². The van der Waals surface area contributed by atoms with Gasteiger partial charge in [0.15, 0.2) is 0 Å². The Morgan fingerprint density at radius 1 is 1.47 bits per heavy atom. The molecule has 2 heterocycles. The number of hydrogen-bond donors (Lipinski definition) is 1. The third-order valence-corrected chi connectivity index (χ3v) is 2.96. The number of nitrogens with two attached hydrogens (primary N) is 1. The van der Waals surface area contributed by atoms with Crippen LogP contribution in [0.25, 0.3) is 5.13 Å². The van der Waals surface area contributed by atoms with Crippen LogP contribution in [0.15, 0.2) is 12.3 Å². The first kappa shape index (κ1) is 10.3. The molecule has 0 saturated carbocycles. The largest absolute Gasteiger partial charge is 0.324 e. The van der Waals surface area contributed by atoms with Gasteiger partial charge in [-0.05, 0) is 12.0 Å². The Kier molecular flexibility index (Phi) is 2.79. The van der Waals surface area contributed by atoms with Gasteiger partial charge in [-0.1, -0.05) is 25.2 Å². The van der Waals surface area contributed by atoms with Crippen molar-refractivity contribution in [2.75, 3.05) is 0 Å². The third-order valence-electron chi connectivity index (χ3n) is 2.03. The van der Waals surface area contributed by atoms with Gasteiger partial charge < -0.3 is 5.73 Å². The van der Waals surface area contributed by atoms with Gasteiger partial charge >= 0.3 is 0 Å². The molecular weight excluding hydrogens is 210 g/mol. The second-order valence-corrected chi connectivity index (χ2v) is 4.56. The van der Waals surface area contributed by atoms with E-state index in [1.807, 2.05) is 12.3 Å². The van der Waals surface area contributed by atoms with Crippen molar-refractivity contribution >= 4 is 11.3 Å². The maximum absolute atomic E-state index is 5.47. The van der Waals surface area contributed by atoms with E-state index < -0.39 is 0 Å². The second kappa shape index (κ2) is 4.08. The summed E-state index contributed by atoms with van der Waals surface area (Å²) in [6.45, 7) is 4.64. The van der Waals surface area contributed by atoms with Crippen LogP contribution in [-0.2, 0) is 6.54 Å². The molecule has 80 valence electrons. The molecule has 0 bridgehead atoms. The average Bonchev–Trinajstić information content (AvgIpc) is 2.86. The molecular formula is C9H13N5S. The van der Waals surface area contributed by atoms with E-state index in [9.17, 15) is 0 Å². The summed E-state index contributed by atoms with van der Waals surface area (Å²) in [4.78, 5) is 0. The molecule has 15 heavy (non-hydrogen) atoms. The topological polar surface area (TPSA) is 69.6 Å². The van der Waals surface area contributed by atoms with Gasteiger partial charge in [0.25, 0.3) is 0 Å². The number of nitrogens with zero attached hydrogens (tertiary/aromatic N) is 4. The van der Waals surface area contributed by atoms with E-state index in [4.69, 9.17) is 5.73 Å². The van der Waals surface area contributed by atoms with Crippen LogP contribution in [0.2, 0.25) is 0 Å². The van der Waals surface area contributed by atoms with Crippen molar-refractivity contribution in [1.82, 2.24) is 20.0 Å². The number of rotatable bonds is 3. The molecule has 0 saturated heterocycles. The molecule has 0 amide bonds. The summed E-state index contributed by atoms with van der Waals surface area (Å²) >= 11 is 1.46. The molecule has 2 rings (SSSR count). The lowest BCUT2D eigenvalue weighted by atomic mass is 10.1. The first-order valence-corrected chi connectivity index (χ1v) is 5.60. The predicted octanol–water partition coefficient (Wildman–Crippen LogP) is 1.31. The van der Waals surface area contributed by atoms with Crippen LogP contribution in [0.4, 0.5) is 0 Å². The molecule has 0 spiro atoms. The van der Waals surface area contributed by atoms with Crippen LogP contribution >= 0.6 is 11.3 Å². The minimum absolute atomic E-state index is 0.424. The SMILES string of the molecule is CC(C)c1ccn(-c2nnc(CN)s2)n1. The van der Waals surface area contributed by atoms with Gasteiger partial charge in [0.05, 0.1) is 5.69 Å². The van der Waals surface area contributed by atoms with Crippen molar-refractivity contribution in [3.63, 3.8) is 0 Å². The Bertz CT molecular complexity index is 445. The van der Waals surface area contributed by atoms with E-state index in [1.54, 1.807) is 4.68 Å². The zero-order valence-electron chi connectivity index (χ0n) is 8.71. The van der Waals surface area contributed by atoms with Crippen molar-refractivity contribution in [2.24, 2.45) is 5.73 Å². The van der Waals surface area contributed by atoms with Gasteiger partial charge in [-0.15, -0.1) is 10.2 Å². The molecule has 0 atom stereocenters. The molecule has 2 aromatic heterocycles. The van der Waals surface area contributed by atoms with Crippen molar-refractivity contribution < 1.29 is 0 Å². The summed E-state index contributed by atoms with van der Waals surface area (Å²) in [5.41, 5.74) is 6.53. The highest BCUT2D eigenvalue weighted by atomic mass is 32.1. The van der Waals surface area contributed by atoms with Gasteiger partial charge in [0.1, 0.15) is 5.01 Å². The van der Waals surface area contributed by atoms with Gasteiger partial charge in [0.2, 0.25) is 5.13 Å². The van der Waals surface area contributed by atoms with Crippen molar-refractivity contribution in [1.29, 1.82) is 0 Å². The lowest BCUT2D eigenvalue weighted by Crippen LogP contribution is -1.96. The van der Waals surface area contributed by atoms with Gasteiger partial charge in [0, 0.05) is 12.7 Å². The summed E-state index contributed by atoms with van der Waals surface area (Å²) in [5, 5.41) is 14.0. The molecule has 0 aliphatic heterocycles. The summed E-state index contributed by atoms with van der Waals surface area (Å²) in [5.74, 6) is 0.424. The van der Waals surface area contributed by atoms with Gasteiger partial charge in [-0.25, -0.2) is 4.68 Å². The van der Waals surface area contributed by atoms with E-state index in [-0.39, 0.29) is 0 Å². The third kappa shape index (κ3) is 2.05. The molecule has 6 heteroatoms. The lowest BCUT2D eigenvalue weighted by Gasteiger charge is -1.97. The quantitative estimate of drug-likeness (QED) is 0.851. The summed E-state index contributed by atoms with van der Waals surface area (Å²) in [7, 11) is 0. The molecule has 2 N–H and O–H groups in total. The predicted molar refractivity (Wildman–Crippen MR) is 59.0 cm³/mol. The maximum Gasteiger partial charge on any atom is 0.232 e. The van der Waals surface area contributed by atoms with Gasteiger partial charge in [-0.2, -0.15) is 5.10 Å². The molecule has 5 nitrogen and oxygen atoms in total. The van der Waals surface area contributed by atoms with E-state index in [1.165, 1.54) is 11.3 Å². The Balaban J connectivity index is 2.28. The van der Waals surface area contributed by atoms with Gasteiger partial charge in [-0.3, -0.25) is 0 Å². The second-order valence-electron chi connectivity index (χ2n) is 3.52. The van der Waals surface area contributed by atoms with E-state index in [0.717, 1.165) is 15.8 Å². The number of aromatic nitrogens is 4. The van der Waals surface area contributed by atoms with Crippen molar-refractivity contribution in [3.05, 3.63) is 23.0 Å². The minimum atomic E-state index is 0.424. The van der Waals surface area contributed by atoms with E-state index in [0.29, 0.717) is 12.5 Å². The fourth-order valence-electron chi connectivity index (χ4n) is 1.17. The highest BCUT2D eigenvalue weighted by Gasteiger charge is 2.08. The highest BCUT2D eigenvalue weighted by Crippen LogP contribution is 2.16. The Labute approximate surface area is 91.9 Å². The van der Waals surface area contributed by atoms with Crippen LogP contribution < -0.4 is 5.73 Å². The standard InChI is InChI=1S/C9H13N5S/c1-6(2)7-3-4-14(13-7)9-12-11-8(5-10)15-9/h3-4,6H,5,10H2,1-2H3. The first-order chi connectivity index (χ1) is 7.20. The Hall–Kier alpha value is -1.27. The van der Waals surface area contributed by atoms with Crippen LogP contribution in [-0.4, -0.2) is 20.0 Å². The van der Waals surface area contributed by atoms with E-state index >= 15 is 0 Å². The average molecular weight is 223 g/mol. The highest BCUT2D eigenvalue weighted by molar-refractivity contribution is 7.13. The van der Waals surface area contributed by atoms with Crippen LogP contribution in [0.1, 0.15) is 30.5 Å². The molecule has 0 aromatic carbocycles. The molecule has 0 fully saturated rings. The summed E-state index contributed by atoms with van der Waals surface area (Å²) in [6, 6.07) is 1.99. The number of hydrogen-bond acceptors (Lipinski definition) is 5.